The van der Waals surface area contributed by atoms with Gasteiger partial charge < -0.3 is 14.8 Å². The van der Waals surface area contributed by atoms with Gasteiger partial charge in [-0.05, 0) is 94.5 Å². The molecule has 286 valence electrons. The van der Waals surface area contributed by atoms with Crippen molar-refractivity contribution in [3.63, 3.8) is 0 Å². The summed E-state index contributed by atoms with van der Waals surface area (Å²) in [7, 11) is 0. The summed E-state index contributed by atoms with van der Waals surface area (Å²) in [5, 5.41) is 34.4. The molecule has 6 rings (SSSR count). The minimum atomic E-state index is -0.375. The van der Waals surface area contributed by atoms with Crippen LogP contribution in [0.4, 0.5) is 8.78 Å². The van der Waals surface area contributed by atoms with E-state index < -0.39 is 0 Å². The first-order chi connectivity index (χ1) is 24.4. The van der Waals surface area contributed by atoms with Gasteiger partial charge in [0.05, 0.1) is 23.7 Å². The number of para-hydroxylation sites is 2. The number of hydrogen-bond donors (Lipinski definition) is 2. The van der Waals surface area contributed by atoms with E-state index in [4.69, 9.17) is 10.2 Å². The molecule has 12 heteroatoms. The summed E-state index contributed by atoms with van der Waals surface area (Å²) in [4.78, 5) is 0. The fourth-order valence-electron chi connectivity index (χ4n) is 5.88. The molecule has 2 N–H and O–H groups in total. The molecule has 8 nitrogen and oxygen atoms in total. The number of aliphatic hydroxyl groups excluding tert-OH is 2. The molecule has 0 saturated carbocycles. The van der Waals surface area contributed by atoms with E-state index >= 15 is 0 Å². The van der Waals surface area contributed by atoms with Gasteiger partial charge in [-0.25, -0.2) is 4.39 Å². The molecule has 0 bridgehead atoms. The molecule has 0 aliphatic carbocycles. The molecule has 53 heavy (non-hydrogen) atoms. The summed E-state index contributed by atoms with van der Waals surface area (Å²) in [6.45, 7) is 15.7. The van der Waals surface area contributed by atoms with Crippen molar-refractivity contribution < 1.29 is 59.2 Å². The van der Waals surface area contributed by atoms with Crippen molar-refractivity contribution in [2.24, 2.45) is 0 Å². The molecule has 0 saturated heterocycles. The average Bonchev–Trinajstić information content (AvgIpc) is 3.70. The largest absolute Gasteiger partial charge is 0.393 e. The first-order valence-electron chi connectivity index (χ1n) is 17.2. The first kappa shape index (κ1) is 45.4. The normalized spacial score (nSPS) is 11.5. The molecule has 0 aliphatic heterocycles. The number of aliphatic hydroxyl groups is 2. The van der Waals surface area contributed by atoms with E-state index in [1.807, 2.05) is 19.1 Å². The van der Waals surface area contributed by atoms with Crippen LogP contribution < -0.4 is 0 Å². The first-order valence-corrected chi connectivity index (χ1v) is 17.2. The topological polar surface area (TPSA) is 102 Å². The Bertz CT molecular complexity index is 1840. The predicted octanol–water partition coefficient (Wildman–Crippen LogP) is 8.44. The van der Waals surface area contributed by atoms with Crippen molar-refractivity contribution in [2.45, 2.75) is 86.9 Å². The second-order valence-electron chi connectivity index (χ2n) is 12.6. The Morgan fingerprint density at radius 2 is 1.02 bits per heavy atom. The van der Waals surface area contributed by atoms with Crippen molar-refractivity contribution in [2.75, 3.05) is 0 Å². The van der Waals surface area contributed by atoms with Crippen molar-refractivity contribution >= 4 is 0 Å². The van der Waals surface area contributed by atoms with Gasteiger partial charge in [0, 0.05) is 70.1 Å². The molecule has 0 spiro atoms. The predicted molar refractivity (Wildman–Crippen MR) is 198 cm³/mol. The van der Waals surface area contributed by atoms with E-state index in [-0.39, 0.29) is 64.1 Å². The molecule has 6 aromatic rings. The monoisotopic (exact) mass is 1080 g/mol. The van der Waals surface area contributed by atoms with E-state index in [0.717, 1.165) is 75.1 Å². The van der Waals surface area contributed by atoms with E-state index in [0.29, 0.717) is 12.2 Å². The molecule has 2 unspecified atom stereocenters. The summed E-state index contributed by atoms with van der Waals surface area (Å²) in [5.74, 6) is 2.65. The van der Waals surface area contributed by atoms with Crippen LogP contribution in [0.2, 0.25) is 0 Å². The number of halogens is 2. The van der Waals surface area contributed by atoms with Crippen LogP contribution in [0.3, 0.4) is 0 Å². The molecular formula is C41H47F2Ir2N6O2-. The SMILES string of the molecule is CC(O)CC(C)O.CCc1nnc(-c2[c-]cc(F)cc2)n1-c1c(C)cccc1C.CCc1nnc(-c2ccc(F)cc2)n1-c1c(C)cccc1C.[Ir].[Ir]. The van der Waals surface area contributed by atoms with Crippen molar-refractivity contribution in [3.8, 4) is 34.2 Å². The average molecular weight is 1080 g/mol. The maximum Gasteiger partial charge on any atom is 0.168 e. The quantitative estimate of drug-likeness (QED) is 0.149. The van der Waals surface area contributed by atoms with Crippen LogP contribution >= 0.6 is 0 Å². The number of benzene rings is 4. The third-order valence-corrected chi connectivity index (χ3v) is 8.22. The maximum absolute atomic E-state index is 13.2. The van der Waals surface area contributed by atoms with Crippen molar-refractivity contribution in [3.05, 3.63) is 130 Å². The van der Waals surface area contributed by atoms with Crippen LogP contribution in [-0.2, 0) is 53.1 Å². The summed E-state index contributed by atoms with van der Waals surface area (Å²) in [6.07, 6.45) is 1.27. The third kappa shape index (κ3) is 11.6. The second kappa shape index (κ2) is 21.2. The van der Waals surface area contributed by atoms with Crippen LogP contribution in [-0.4, -0.2) is 51.9 Å². The Labute approximate surface area is 338 Å². The molecule has 0 aliphatic rings. The molecule has 2 heterocycles. The molecule has 0 amide bonds. The fourth-order valence-corrected chi connectivity index (χ4v) is 5.88. The van der Waals surface area contributed by atoms with Gasteiger partial charge in [0.2, 0.25) is 0 Å². The van der Waals surface area contributed by atoms with Gasteiger partial charge in [0.15, 0.2) is 5.82 Å². The van der Waals surface area contributed by atoms with Crippen LogP contribution in [0.25, 0.3) is 34.2 Å². The molecular weight excluding hydrogens is 1030 g/mol. The number of hydrogen-bond acceptors (Lipinski definition) is 6. The Morgan fingerprint density at radius 1 is 0.604 bits per heavy atom. The maximum atomic E-state index is 13.2. The Kier molecular flexibility index (Phi) is 18.2. The van der Waals surface area contributed by atoms with Crippen LogP contribution in [0.1, 0.15) is 68.0 Å². The second-order valence-corrected chi connectivity index (χ2v) is 12.6. The van der Waals surface area contributed by atoms with Gasteiger partial charge >= 0.3 is 0 Å². The molecule has 2 atom stereocenters. The minimum Gasteiger partial charge on any atom is -0.393 e. The molecule has 2 radical (unpaired) electrons. The molecule has 4 aromatic carbocycles. The number of aromatic nitrogens is 6. The zero-order valence-electron chi connectivity index (χ0n) is 31.3. The van der Waals surface area contributed by atoms with Crippen LogP contribution in [0, 0.1) is 45.4 Å². The summed E-state index contributed by atoms with van der Waals surface area (Å²) >= 11 is 0. The fraction of sp³-hybridized carbons (Fsp3) is 0.317. The van der Waals surface area contributed by atoms with Crippen LogP contribution in [0.5, 0.6) is 0 Å². The summed E-state index contributed by atoms with van der Waals surface area (Å²) in [6, 6.07) is 26.1. The molecule has 0 fully saturated rings. The van der Waals surface area contributed by atoms with Gasteiger partial charge in [-0.2, -0.15) is 5.10 Å². The standard InChI is InChI=1S/C18H18FN3.C18H17FN3.C5H12O2.2Ir/c2*1-4-16-20-21-18(14-8-10-15(19)11-9-14)22(16)17-12(2)6-5-7-13(17)3;1-4(6)3-5(2)7;;/h5-11H,4H2,1-3H3;5-8,10-11H,4H2,1-3H3;4-7H,3H2,1-2H3;;/q;-1;;;. The Hall–Kier alpha value is -3.76. The zero-order valence-corrected chi connectivity index (χ0v) is 36.1. The van der Waals surface area contributed by atoms with E-state index in [2.05, 4.69) is 94.5 Å². The van der Waals surface area contributed by atoms with E-state index in [9.17, 15) is 8.78 Å². The van der Waals surface area contributed by atoms with Gasteiger partial charge in [-0.1, -0.05) is 50.2 Å². The van der Waals surface area contributed by atoms with E-state index in [1.165, 1.54) is 24.3 Å². The Morgan fingerprint density at radius 3 is 1.40 bits per heavy atom. The van der Waals surface area contributed by atoms with Gasteiger partial charge in [-0.3, -0.25) is 8.96 Å². The number of nitrogens with zero attached hydrogens (tertiary/aromatic N) is 6. The summed E-state index contributed by atoms with van der Waals surface area (Å²) < 4.78 is 30.5. The zero-order chi connectivity index (χ0) is 37.2. The minimum absolute atomic E-state index is 0. The van der Waals surface area contributed by atoms with Gasteiger partial charge in [0.25, 0.3) is 0 Å². The molecule has 2 aromatic heterocycles. The van der Waals surface area contributed by atoms with Crippen molar-refractivity contribution in [1.29, 1.82) is 0 Å². The Balaban J connectivity index is 0.000000302. The van der Waals surface area contributed by atoms with Crippen LogP contribution in [0.15, 0.2) is 78.9 Å². The van der Waals surface area contributed by atoms with E-state index in [1.54, 1.807) is 32.0 Å². The number of rotatable bonds is 8. The summed E-state index contributed by atoms with van der Waals surface area (Å²) in [5.41, 5.74) is 8.40. The van der Waals surface area contributed by atoms with Crippen molar-refractivity contribution in [1.82, 2.24) is 29.5 Å². The number of aryl methyl sites for hydroxylation is 6. The third-order valence-electron chi connectivity index (χ3n) is 8.22. The van der Waals surface area contributed by atoms with Gasteiger partial charge in [0.1, 0.15) is 17.5 Å². The van der Waals surface area contributed by atoms with Gasteiger partial charge in [-0.15, -0.1) is 45.1 Å². The smallest absolute Gasteiger partial charge is 0.168 e.